The van der Waals surface area contributed by atoms with Gasteiger partial charge in [0.05, 0.1) is 0 Å². The second-order valence-corrected chi connectivity index (χ2v) is 6.13. The summed E-state index contributed by atoms with van der Waals surface area (Å²) in [6.07, 6.45) is 5.34. The second-order valence-electron chi connectivity index (χ2n) is 6.13. The Labute approximate surface area is 108 Å². The highest BCUT2D eigenvalue weighted by atomic mass is 16.1. The van der Waals surface area contributed by atoms with Crippen molar-refractivity contribution in [2.75, 3.05) is 6.54 Å². The third kappa shape index (κ3) is 1.55. The first kappa shape index (κ1) is 10.7. The maximum atomic E-state index is 11.6. The van der Waals surface area contributed by atoms with Crippen LogP contribution in [0.15, 0.2) is 24.3 Å². The fourth-order valence-electron chi connectivity index (χ4n) is 4.14. The zero-order chi connectivity index (χ0) is 12.1. The van der Waals surface area contributed by atoms with Gasteiger partial charge in [-0.2, -0.15) is 0 Å². The zero-order valence-corrected chi connectivity index (χ0v) is 10.6. The highest BCUT2D eigenvalue weighted by molar-refractivity contribution is 5.81. The van der Waals surface area contributed by atoms with Crippen LogP contribution in [0.5, 0.6) is 0 Å². The van der Waals surface area contributed by atoms with Gasteiger partial charge in [0.1, 0.15) is 5.78 Å². The average molecular weight is 241 g/mol. The quantitative estimate of drug-likeness (QED) is 0.793. The van der Waals surface area contributed by atoms with Crippen LogP contribution in [0, 0.1) is 0 Å². The highest BCUT2D eigenvalue weighted by Crippen LogP contribution is 2.40. The summed E-state index contributed by atoms with van der Waals surface area (Å²) < 4.78 is 0. The van der Waals surface area contributed by atoms with Gasteiger partial charge >= 0.3 is 0 Å². The normalized spacial score (nSPS) is 34.2. The fraction of sp³-hybridized carbons (Fsp3) is 0.562. The molecule has 18 heavy (non-hydrogen) atoms. The molecule has 2 fully saturated rings. The van der Waals surface area contributed by atoms with Crippen LogP contribution in [0.1, 0.15) is 42.7 Å². The number of hydrogen-bond donors (Lipinski definition) is 0. The van der Waals surface area contributed by atoms with Crippen LogP contribution in [0.25, 0.3) is 0 Å². The van der Waals surface area contributed by atoms with E-state index in [-0.39, 0.29) is 0 Å². The second kappa shape index (κ2) is 3.92. The number of benzene rings is 1. The maximum Gasteiger partial charge on any atom is 0.136 e. The van der Waals surface area contributed by atoms with Gasteiger partial charge in [0.25, 0.3) is 0 Å². The van der Waals surface area contributed by atoms with Crippen molar-refractivity contribution in [1.29, 1.82) is 0 Å². The first-order valence-electron chi connectivity index (χ1n) is 7.16. The molecule has 4 rings (SSSR count). The Morgan fingerprint density at radius 1 is 1.06 bits per heavy atom. The van der Waals surface area contributed by atoms with Crippen LogP contribution in [0.2, 0.25) is 0 Å². The van der Waals surface area contributed by atoms with Crippen molar-refractivity contribution in [3.8, 4) is 0 Å². The highest BCUT2D eigenvalue weighted by Gasteiger charge is 2.42. The van der Waals surface area contributed by atoms with Gasteiger partial charge in [0.15, 0.2) is 0 Å². The van der Waals surface area contributed by atoms with Crippen molar-refractivity contribution in [2.24, 2.45) is 0 Å². The molecule has 0 aromatic heterocycles. The molecule has 0 spiro atoms. The number of Topliss-reactive ketones (excluding diaryl/α,β-unsaturated/α-hetero) is 1. The first-order chi connectivity index (χ1) is 8.81. The van der Waals surface area contributed by atoms with E-state index in [1.165, 1.54) is 31.4 Å². The largest absolute Gasteiger partial charge is 0.300 e. The Morgan fingerprint density at radius 3 is 2.50 bits per heavy atom. The minimum atomic E-state index is 0.493. The molecular formula is C16H19NO. The summed E-state index contributed by atoms with van der Waals surface area (Å²) in [6, 6.07) is 9.94. The number of fused-ring (bicyclic) bond motifs is 3. The van der Waals surface area contributed by atoms with Crippen LogP contribution in [0.4, 0.5) is 0 Å². The lowest BCUT2D eigenvalue weighted by molar-refractivity contribution is -0.123. The smallest absolute Gasteiger partial charge is 0.136 e. The van der Waals surface area contributed by atoms with Crippen LogP contribution in [-0.4, -0.2) is 29.3 Å². The van der Waals surface area contributed by atoms with Gasteiger partial charge in [-0.15, -0.1) is 0 Å². The molecule has 0 amide bonds. The number of rotatable bonds is 2. The predicted molar refractivity (Wildman–Crippen MR) is 70.6 cm³/mol. The number of nitrogens with zero attached hydrogens (tertiary/aromatic N) is 1. The van der Waals surface area contributed by atoms with Gasteiger partial charge in [-0.25, -0.2) is 0 Å². The summed E-state index contributed by atoms with van der Waals surface area (Å²) in [5.41, 5.74) is 3.08. The van der Waals surface area contributed by atoms with E-state index >= 15 is 0 Å². The molecule has 0 radical (unpaired) electrons. The molecule has 2 bridgehead atoms. The SMILES string of the molecule is O=C1CC2CCC(C1)N2CC1Cc2ccccc21. The van der Waals surface area contributed by atoms with E-state index in [0.29, 0.717) is 17.9 Å². The maximum absolute atomic E-state index is 11.6. The summed E-state index contributed by atoms with van der Waals surface area (Å²) in [5, 5.41) is 0. The molecule has 1 aromatic carbocycles. The molecule has 94 valence electrons. The third-order valence-electron chi connectivity index (χ3n) is 5.09. The van der Waals surface area contributed by atoms with Gasteiger partial charge in [0.2, 0.25) is 0 Å². The van der Waals surface area contributed by atoms with Gasteiger partial charge in [-0.1, -0.05) is 24.3 Å². The molecule has 3 atom stereocenters. The number of piperidine rings is 1. The fourth-order valence-corrected chi connectivity index (χ4v) is 4.14. The standard InChI is InChI=1S/C16H19NO/c18-15-8-13-5-6-14(9-15)17(13)10-12-7-11-3-1-2-4-16(11)12/h1-4,12-14H,5-10H2. The van der Waals surface area contributed by atoms with E-state index < -0.39 is 0 Å². The molecule has 2 saturated heterocycles. The monoisotopic (exact) mass is 241 g/mol. The molecule has 2 heteroatoms. The molecule has 1 aromatic rings. The van der Waals surface area contributed by atoms with E-state index in [9.17, 15) is 4.79 Å². The molecule has 2 heterocycles. The van der Waals surface area contributed by atoms with E-state index in [1.54, 1.807) is 5.56 Å². The summed E-state index contributed by atoms with van der Waals surface area (Å²) in [6.45, 7) is 1.18. The molecule has 0 saturated carbocycles. The summed E-state index contributed by atoms with van der Waals surface area (Å²) >= 11 is 0. The minimum absolute atomic E-state index is 0.493. The predicted octanol–water partition coefficient (Wildman–Crippen LogP) is 2.52. The number of ketones is 1. The molecule has 1 aliphatic carbocycles. The lowest BCUT2D eigenvalue weighted by atomic mass is 9.77. The molecule has 3 unspecified atom stereocenters. The number of hydrogen-bond acceptors (Lipinski definition) is 2. The third-order valence-corrected chi connectivity index (χ3v) is 5.09. The van der Waals surface area contributed by atoms with Crippen LogP contribution in [0.3, 0.4) is 0 Å². The van der Waals surface area contributed by atoms with Crippen LogP contribution < -0.4 is 0 Å². The lowest BCUT2D eigenvalue weighted by Crippen LogP contribution is -2.46. The van der Waals surface area contributed by atoms with Crippen molar-refractivity contribution >= 4 is 5.78 Å². The van der Waals surface area contributed by atoms with Crippen molar-refractivity contribution in [3.63, 3.8) is 0 Å². The number of carbonyl (C=O) groups excluding carboxylic acids is 1. The Hall–Kier alpha value is -1.15. The van der Waals surface area contributed by atoms with E-state index in [4.69, 9.17) is 0 Å². The topological polar surface area (TPSA) is 20.3 Å². The Morgan fingerprint density at radius 2 is 1.78 bits per heavy atom. The molecule has 2 nitrogen and oxygen atoms in total. The molecular weight excluding hydrogens is 222 g/mol. The van der Waals surface area contributed by atoms with Crippen molar-refractivity contribution in [3.05, 3.63) is 35.4 Å². The van der Waals surface area contributed by atoms with Gasteiger partial charge in [0, 0.05) is 37.4 Å². The Balaban J connectivity index is 1.50. The summed E-state index contributed by atoms with van der Waals surface area (Å²) in [5.74, 6) is 1.21. The van der Waals surface area contributed by atoms with E-state index in [2.05, 4.69) is 29.2 Å². The van der Waals surface area contributed by atoms with E-state index in [1.807, 2.05) is 0 Å². The molecule has 3 aliphatic rings. The minimum Gasteiger partial charge on any atom is -0.300 e. The van der Waals surface area contributed by atoms with E-state index in [0.717, 1.165) is 18.8 Å². The first-order valence-corrected chi connectivity index (χ1v) is 7.16. The summed E-state index contributed by atoms with van der Waals surface area (Å²) in [7, 11) is 0. The van der Waals surface area contributed by atoms with Crippen molar-refractivity contribution < 1.29 is 4.79 Å². The average Bonchev–Trinajstić information content (AvgIpc) is 2.57. The van der Waals surface area contributed by atoms with Crippen LogP contribution >= 0.6 is 0 Å². The Bertz CT molecular complexity index is 480. The van der Waals surface area contributed by atoms with Crippen LogP contribution in [-0.2, 0) is 11.2 Å². The molecule has 0 N–H and O–H groups in total. The van der Waals surface area contributed by atoms with Gasteiger partial charge in [-0.05, 0) is 30.4 Å². The van der Waals surface area contributed by atoms with Gasteiger partial charge < -0.3 is 0 Å². The summed E-state index contributed by atoms with van der Waals surface area (Å²) in [4.78, 5) is 14.3. The van der Waals surface area contributed by atoms with Crippen molar-refractivity contribution in [1.82, 2.24) is 4.90 Å². The van der Waals surface area contributed by atoms with Crippen molar-refractivity contribution in [2.45, 2.75) is 50.1 Å². The zero-order valence-electron chi connectivity index (χ0n) is 10.6. The van der Waals surface area contributed by atoms with Gasteiger partial charge in [-0.3, -0.25) is 9.69 Å². The number of carbonyl (C=O) groups is 1. The Kier molecular flexibility index (Phi) is 2.34. The lowest BCUT2D eigenvalue weighted by Gasteiger charge is -2.40. The molecule has 2 aliphatic heterocycles.